The van der Waals surface area contributed by atoms with Gasteiger partial charge in [0.2, 0.25) is 0 Å². The van der Waals surface area contributed by atoms with Gasteiger partial charge in [-0.3, -0.25) is 0 Å². The highest BCUT2D eigenvalue weighted by atomic mass is 16.4. The number of aliphatic hydroxyl groups excluding tert-OH is 2. The minimum absolute atomic E-state index is 0.0240. The summed E-state index contributed by atoms with van der Waals surface area (Å²) in [4.78, 5) is 16.1. The van der Waals surface area contributed by atoms with Gasteiger partial charge in [-0.1, -0.05) is 0 Å². The van der Waals surface area contributed by atoms with Gasteiger partial charge in [0.15, 0.2) is 0 Å². The Morgan fingerprint density at radius 2 is 1.94 bits per heavy atom. The molecule has 0 spiro atoms. The van der Waals surface area contributed by atoms with E-state index in [-0.39, 0.29) is 5.69 Å². The summed E-state index contributed by atoms with van der Waals surface area (Å²) in [6.45, 7) is 0.657. The molecule has 6 nitrogen and oxygen atoms in total. The number of β-amino-alcohol motifs (C(OH)–C–C–N with tert-alkyl or cyclic N) is 2. The molecule has 6 heteroatoms. The zero-order chi connectivity index (χ0) is 11.7. The number of aromatic carboxylic acids is 1. The van der Waals surface area contributed by atoms with Gasteiger partial charge in [0.05, 0.1) is 24.1 Å². The molecule has 2 atom stereocenters. The van der Waals surface area contributed by atoms with E-state index in [1.165, 1.54) is 12.3 Å². The number of carboxylic acid groups (broad SMARTS) is 1. The molecule has 1 aromatic rings. The molecule has 1 aliphatic heterocycles. The summed E-state index contributed by atoms with van der Waals surface area (Å²) in [5.74, 6) is -1.08. The van der Waals surface area contributed by atoms with Crippen LogP contribution >= 0.6 is 0 Å². The molecule has 1 saturated heterocycles. The zero-order valence-electron chi connectivity index (χ0n) is 8.45. The number of aliphatic hydroxyl groups is 2. The van der Waals surface area contributed by atoms with Crippen LogP contribution in [-0.2, 0) is 0 Å². The second-order valence-electron chi connectivity index (χ2n) is 3.75. The quantitative estimate of drug-likeness (QED) is 0.616. The molecule has 16 heavy (non-hydrogen) atoms. The van der Waals surface area contributed by atoms with E-state index in [2.05, 4.69) is 4.98 Å². The number of hydrogen-bond acceptors (Lipinski definition) is 5. The Morgan fingerprint density at radius 3 is 2.38 bits per heavy atom. The molecule has 3 N–H and O–H groups in total. The van der Waals surface area contributed by atoms with E-state index in [9.17, 15) is 15.0 Å². The van der Waals surface area contributed by atoms with E-state index in [1.54, 1.807) is 11.0 Å². The van der Waals surface area contributed by atoms with E-state index in [0.717, 1.165) is 0 Å². The van der Waals surface area contributed by atoms with Crippen LogP contribution in [0.3, 0.4) is 0 Å². The number of carboxylic acids is 1. The van der Waals surface area contributed by atoms with Crippen LogP contribution in [0.1, 0.15) is 10.5 Å². The molecule has 2 unspecified atom stereocenters. The molecule has 2 rings (SSSR count). The van der Waals surface area contributed by atoms with Crippen molar-refractivity contribution in [2.24, 2.45) is 0 Å². The summed E-state index contributed by atoms with van der Waals surface area (Å²) in [6, 6.07) is 3.01. The topological polar surface area (TPSA) is 93.9 Å². The van der Waals surface area contributed by atoms with Crippen molar-refractivity contribution in [1.29, 1.82) is 0 Å². The Morgan fingerprint density at radius 1 is 1.31 bits per heavy atom. The van der Waals surface area contributed by atoms with Crippen LogP contribution in [0, 0.1) is 0 Å². The fraction of sp³-hybridized carbons (Fsp3) is 0.400. The van der Waals surface area contributed by atoms with Crippen LogP contribution in [-0.4, -0.2) is 51.6 Å². The fourth-order valence-corrected chi connectivity index (χ4v) is 1.68. The molecule has 86 valence electrons. The highest BCUT2D eigenvalue weighted by Crippen LogP contribution is 2.19. The smallest absolute Gasteiger partial charge is 0.354 e. The van der Waals surface area contributed by atoms with Crippen molar-refractivity contribution in [3.05, 3.63) is 24.0 Å². The monoisotopic (exact) mass is 224 g/mol. The molecule has 1 fully saturated rings. The van der Waals surface area contributed by atoms with Gasteiger partial charge >= 0.3 is 5.97 Å². The first kappa shape index (κ1) is 10.8. The van der Waals surface area contributed by atoms with Crippen molar-refractivity contribution in [3.8, 4) is 0 Å². The third-order valence-corrected chi connectivity index (χ3v) is 2.59. The number of hydrogen-bond donors (Lipinski definition) is 3. The second-order valence-corrected chi connectivity index (χ2v) is 3.75. The number of pyridine rings is 1. The molecule has 0 amide bonds. The summed E-state index contributed by atoms with van der Waals surface area (Å²) >= 11 is 0. The lowest BCUT2D eigenvalue weighted by Crippen LogP contribution is -2.22. The molecule has 0 bridgehead atoms. The summed E-state index contributed by atoms with van der Waals surface area (Å²) in [5, 5.41) is 27.4. The third-order valence-electron chi connectivity index (χ3n) is 2.59. The fourth-order valence-electron chi connectivity index (χ4n) is 1.68. The summed E-state index contributed by atoms with van der Waals surface area (Å²) in [5.41, 5.74) is 0.671. The van der Waals surface area contributed by atoms with E-state index < -0.39 is 18.2 Å². The molecule has 0 radical (unpaired) electrons. The molecule has 1 aromatic heterocycles. The van der Waals surface area contributed by atoms with Gasteiger partial charge in [-0.2, -0.15) is 0 Å². The van der Waals surface area contributed by atoms with E-state index in [0.29, 0.717) is 18.8 Å². The molecule has 0 aromatic carbocycles. The average molecular weight is 224 g/mol. The second kappa shape index (κ2) is 4.07. The van der Waals surface area contributed by atoms with Gasteiger partial charge in [-0.25, -0.2) is 9.78 Å². The molecule has 1 aliphatic rings. The van der Waals surface area contributed by atoms with Crippen molar-refractivity contribution in [2.45, 2.75) is 12.2 Å². The number of anilines is 1. The minimum Gasteiger partial charge on any atom is -0.477 e. The highest BCUT2D eigenvalue weighted by molar-refractivity contribution is 5.85. The molecule has 2 heterocycles. The van der Waals surface area contributed by atoms with Crippen molar-refractivity contribution < 1.29 is 20.1 Å². The van der Waals surface area contributed by atoms with Gasteiger partial charge in [-0.15, -0.1) is 0 Å². The molecule has 0 aliphatic carbocycles. The van der Waals surface area contributed by atoms with Crippen LogP contribution in [0.2, 0.25) is 0 Å². The predicted molar refractivity (Wildman–Crippen MR) is 55.4 cm³/mol. The van der Waals surface area contributed by atoms with Crippen molar-refractivity contribution in [3.63, 3.8) is 0 Å². The minimum atomic E-state index is -1.08. The first-order valence-corrected chi connectivity index (χ1v) is 4.88. The van der Waals surface area contributed by atoms with Crippen molar-refractivity contribution >= 4 is 11.7 Å². The van der Waals surface area contributed by atoms with Crippen molar-refractivity contribution in [2.75, 3.05) is 18.0 Å². The number of aromatic nitrogens is 1. The van der Waals surface area contributed by atoms with E-state index >= 15 is 0 Å². The van der Waals surface area contributed by atoms with Crippen LogP contribution in [0.25, 0.3) is 0 Å². The standard InChI is InChI=1S/C10H12N2O4/c13-8-4-12(5-9(8)14)6-1-2-7(10(15)16)11-3-6/h1-3,8-9,13-14H,4-5H2,(H,15,16). The summed E-state index contributed by atoms with van der Waals surface area (Å²) in [7, 11) is 0. The van der Waals surface area contributed by atoms with E-state index in [1.807, 2.05) is 0 Å². The Hall–Kier alpha value is -1.66. The average Bonchev–Trinajstić information content (AvgIpc) is 2.59. The normalized spacial score (nSPS) is 24.8. The Balaban J connectivity index is 2.14. The van der Waals surface area contributed by atoms with Gasteiger partial charge in [-0.05, 0) is 12.1 Å². The van der Waals surface area contributed by atoms with Crippen molar-refractivity contribution in [1.82, 2.24) is 4.98 Å². The largest absolute Gasteiger partial charge is 0.477 e. The number of rotatable bonds is 2. The first-order valence-electron chi connectivity index (χ1n) is 4.88. The highest BCUT2D eigenvalue weighted by Gasteiger charge is 2.29. The Kier molecular flexibility index (Phi) is 2.76. The first-order chi connectivity index (χ1) is 7.58. The SMILES string of the molecule is O=C(O)c1ccc(N2CC(O)C(O)C2)cn1. The third kappa shape index (κ3) is 1.98. The Labute approximate surface area is 91.8 Å². The summed E-state index contributed by atoms with van der Waals surface area (Å²) in [6.07, 6.45) is -0.105. The summed E-state index contributed by atoms with van der Waals surface area (Å²) < 4.78 is 0. The predicted octanol–water partition coefficient (Wildman–Crippen LogP) is -0.678. The maximum Gasteiger partial charge on any atom is 0.354 e. The molecular formula is C10H12N2O4. The van der Waals surface area contributed by atoms with Gasteiger partial charge in [0.25, 0.3) is 0 Å². The lowest BCUT2D eigenvalue weighted by atomic mass is 10.3. The Bertz CT molecular complexity index is 382. The lowest BCUT2D eigenvalue weighted by Gasteiger charge is -2.16. The van der Waals surface area contributed by atoms with Crippen LogP contribution in [0.4, 0.5) is 5.69 Å². The van der Waals surface area contributed by atoms with Gasteiger partial charge in [0.1, 0.15) is 5.69 Å². The number of nitrogens with zero attached hydrogens (tertiary/aromatic N) is 2. The van der Waals surface area contributed by atoms with E-state index in [4.69, 9.17) is 5.11 Å². The maximum atomic E-state index is 10.6. The molecule has 0 saturated carbocycles. The lowest BCUT2D eigenvalue weighted by molar-refractivity contribution is 0.0572. The zero-order valence-corrected chi connectivity index (χ0v) is 8.45. The maximum absolute atomic E-state index is 10.6. The number of carbonyl (C=O) groups is 1. The van der Waals surface area contributed by atoms with Crippen LogP contribution in [0.5, 0.6) is 0 Å². The van der Waals surface area contributed by atoms with Gasteiger partial charge in [0, 0.05) is 13.1 Å². The van der Waals surface area contributed by atoms with Crippen LogP contribution < -0.4 is 4.90 Å². The van der Waals surface area contributed by atoms with Crippen LogP contribution in [0.15, 0.2) is 18.3 Å². The van der Waals surface area contributed by atoms with Gasteiger partial charge < -0.3 is 20.2 Å². The molecular weight excluding hydrogens is 212 g/mol.